The Morgan fingerprint density at radius 3 is 2.47 bits per heavy atom. The summed E-state index contributed by atoms with van der Waals surface area (Å²) in [5, 5.41) is 0. The van der Waals surface area contributed by atoms with Crippen molar-refractivity contribution in [2.45, 2.75) is 31.9 Å². The maximum absolute atomic E-state index is 12.2. The van der Waals surface area contributed by atoms with E-state index in [1.807, 2.05) is 0 Å². The molecule has 0 fully saturated rings. The molecular weight excluding hydrogens is 246 g/mol. The van der Waals surface area contributed by atoms with Gasteiger partial charge in [0.05, 0.1) is 16.7 Å². The van der Waals surface area contributed by atoms with E-state index in [1.165, 1.54) is 18.3 Å². The van der Waals surface area contributed by atoms with Crippen LogP contribution in [0, 0.1) is 0 Å². The Balaban J connectivity index is 2.76. The highest BCUT2D eigenvalue weighted by molar-refractivity contribution is 7.85. The normalized spacial score (nSPS) is 14.5. The molecule has 0 aliphatic carbocycles. The number of nitrogens with zero attached hydrogens (tertiary/aromatic N) is 2. The largest absolute Gasteiger partial charge is 0.265 e. The molecule has 0 spiro atoms. The van der Waals surface area contributed by atoms with Crippen LogP contribution in [0.2, 0.25) is 0 Å². The second-order valence-corrected chi connectivity index (χ2v) is 6.35. The number of rotatable bonds is 3. The monoisotopic (exact) mass is 260 g/mol. The molecule has 0 aliphatic heterocycles. The van der Waals surface area contributed by atoms with E-state index >= 15 is 0 Å². The Bertz CT molecular complexity index is 424. The minimum absolute atomic E-state index is 0.140. The van der Waals surface area contributed by atoms with Crippen molar-refractivity contribution in [1.29, 1.82) is 0 Å². The SMILES string of the molecule is CC(C)(C)[S@@](=O)/N=C/c1ccc(C(F)F)cn1. The van der Waals surface area contributed by atoms with Crippen LogP contribution in [0.15, 0.2) is 22.7 Å². The fourth-order valence-electron chi connectivity index (χ4n) is 0.882. The molecule has 0 aromatic carbocycles. The van der Waals surface area contributed by atoms with E-state index in [2.05, 4.69) is 9.38 Å². The highest BCUT2D eigenvalue weighted by Crippen LogP contribution is 2.17. The van der Waals surface area contributed by atoms with Gasteiger partial charge < -0.3 is 0 Å². The number of halogens is 2. The molecule has 1 heterocycles. The maximum atomic E-state index is 12.2. The first-order chi connectivity index (χ1) is 7.80. The van der Waals surface area contributed by atoms with E-state index in [4.69, 9.17) is 0 Å². The van der Waals surface area contributed by atoms with Gasteiger partial charge in [-0.15, -0.1) is 0 Å². The molecule has 0 radical (unpaired) electrons. The molecule has 0 aliphatic rings. The molecular formula is C11H14F2N2OS. The van der Waals surface area contributed by atoms with Gasteiger partial charge in [0.15, 0.2) is 0 Å². The molecule has 1 atom stereocenters. The molecule has 0 unspecified atom stereocenters. The zero-order valence-corrected chi connectivity index (χ0v) is 10.7. The molecule has 3 nitrogen and oxygen atoms in total. The Morgan fingerprint density at radius 1 is 1.41 bits per heavy atom. The molecule has 1 aromatic rings. The van der Waals surface area contributed by atoms with Crippen LogP contribution in [-0.2, 0) is 11.0 Å². The van der Waals surface area contributed by atoms with Gasteiger partial charge in [0.25, 0.3) is 6.43 Å². The molecule has 1 aromatic heterocycles. The van der Waals surface area contributed by atoms with Crippen molar-refractivity contribution >= 4 is 17.2 Å². The zero-order valence-electron chi connectivity index (χ0n) is 9.85. The second-order valence-electron chi connectivity index (χ2n) is 4.41. The van der Waals surface area contributed by atoms with Gasteiger partial charge in [-0.1, -0.05) is 0 Å². The predicted octanol–water partition coefficient (Wildman–Crippen LogP) is 2.90. The smallest absolute Gasteiger partial charge is 0.255 e. The highest BCUT2D eigenvalue weighted by Gasteiger charge is 2.18. The molecule has 0 N–H and O–H groups in total. The lowest BCUT2D eigenvalue weighted by atomic mass is 10.2. The molecule has 17 heavy (non-hydrogen) atoms. The highest BCUT2D eigenvalue weighted by atomic mass is 32.2. The van der Waals surface area contributed by atoms with E-state index in [9.17, 15) is 13.0 Å². The lowest BCUT2D eigenvalue weighted by Crippen LogP contribution is -2.19. The summed E-state index contributed by atoms with van der Waals surface area (Å²) >= 11 is 0. The third-order valence-electron chi connectivity index (χ3n) is 1.87. The minimum Gasteiger partial charge on any atom is -0.255 e. The number of hydrogen-bond acceptors (Lipinski definition) is 2. The van der Waals surface area contributed by atoms with Gasteiger partial charge in [0.2, 0.25) is 0 Å². The number of aromatic nitrogens is 1. The standard InChI is InChI=1S/C11H14F2N2OS/c1-11(2,3)17(16)15-7-9-5-4-8(6-14-9)10(12)13/h4-7,10H,1-3H3/b15-7+/t17-/m1/s1. The summed E-state index contributed by atoms with van der Waals surface area (Å²) < 4.78 is 39.5. The van der Waals surface area contributed by atoms with Crippen molar-refractivity contribution in [3.05, 3.63) is 29.6 Å². The summed E-state index contributed by atoms with van der Waals surface area (Å²) in [6.45, 7) is 5.40. The number of pyridine rings is 1. The van der Waals surface area contributed by atoms with Crippen LogP contribution in [0.1, 0.15) is 38.5 Å². The van der Waals surface area contributed by atoms with E-state index in [1.54, 1.807) is 20.8 Å². The Labute approximate surface area is 102 Å². The summed E-state index contributed by atoms with van der Waals surface area (Å²) in [5.41, 5.74) is 0.270. The van der Waals surface area contributed by atoms with Crippen molar-refractivity contribution in [2.24, 2.45) is 4.40 Å². The molecule has 0 saturated carbocycles. The summed E-state index contributed by atoms with van der Waals surface area (Å²) in [7, 11) is -1.37. The maximum Gasteiger partial charge on any atom is 0.265 e. The lowest BCUT2D eigenvalue weighted by molar-refractivity contribution is 0.151. The molecule has 0 saturated heterocycles. The fourth-order valence-corrected chi connectivity index (χ4v) is 1.40. The van der Waals surface area contributed by atoms with Gasteiger partial charge in [-0.25, -0.2) is 13.0 Å². The van der Waals surface area contributed by atoms with Crippen LogP contribution in [0.4, 0.5) is 8.78 Å². The number of alkyl halides is 2. The van der Waals surface area contributed by atoms with Gasteiger partial charge in [0, 0.05) is 11.8 Å². The van der Waals surface area contributed by atoms with E-state index in [-0.39, 0.29) is 5.56 Å². The topological polar surface area (TPSA) is 42.3 Å². The van der Waals surface area contributed by atoms with Crippen molar-refractivity contribution < 1.29 is 13.0 Å². The Morgan fingerprint density at radius 2 is 2.06 bits per heavy atom. The van der Waals surface area contributed by atoms with Crippen LogP contribution < -0.4 is 0 Å². The van der Waals surface area contributed by atoms with Crippen LogP contribution in [0.25, 0.3) is 0 Å². The van der Waals surface area contributed by atoms with Gasteiger partial charge in [0.1, 0.15) is 11.0 Å². The van der Waals surface area contributed by atoms with Gasteiger partial charge in [-0.3, -0.25) is 4.98 Å². The second kappa shape index (κ2) is 5.44. The third-order valence-corrected chi connectivity index (χ3v) is 3.21. The van der Waals surface area contributed by atoms with Crippen LogP contribution in [-0.4, -0.2) is 20.2 Å². The molecule has 94 valence electrons. The van der Waals surface area contributed by atoms with Gasteiger partial charge in [-0.2, -0.15) is 4.40 Å². The van der Waals surface area contributed by atoms with Gasteiger partial charge in [-0.05, 0) is 32.9 Å². The average molecular weight is 260 g/mol. The quantitative estimate of drug-likeness (QED) is 0.784. The Kier molecular flexibility index (Phi) is 4.45. The first-order valence-corrected chi connectivity index (χ1v) is 6.11. The minimum atomic E-state index is -2.53. The molecule has 1 rings (SSSR count). The average Bonchev–Trinajstić information content (AvgIpc) is 2.25. The van der Waals surface area contributed by atoms with E-state index in [0.29, 0.717) is 5.69 Å². The van der Waals surface area contributed by atoms with Crippen LogP contribution in [0.5, 0.6) is 0 Å². The van der Waals surface area contributed by atoms with Crippen molar-refractivity contribution in [3.8, 4) is 0 Å². The summed E-state index contributed by atoms with van der Waals surface area (Å²) in [5.74, 6) is 0. The zero-order chi connectivity index (χ0) is 13.1. The van der Waals surface area contributed by atoms with Gasteiger partial charge >= 0.3 is 0 Å². The molecule has 6 heteroatoms. The van der Waals surface area contributed by atoms with Crippen LogP contribution >= 0.6 is 0 Å². The summed E-state index contributed by atoms with van der Waals surface area (Å²) in [6.07, 6.45) is -0.111. The first kappa shape index (κ1) is 13.9. The van der Waals surface area contributed by atoms with Crippen LogP contribution in [0.3, 0.4) is 0 Å². The predicted molar refractivity (Wildman–Crippen MR) is 64.7 cm³/mol. The number of hydrogen-bond donors (Lipinski definition) is 0. The molecule has 0 amide bonds. The third kappa shape index (κ3) is 4.30. The summed E-state index contributed by atoms with van der Waals surface area (Å²) in [6, 6.07) is 2.70. The van der Waals surface area contributed by atoms with E-state index in [0.717, 1.165) is 6.20 Å². The first-order valence-electron chi connectivity index (χ1n) is 5.01. The lowest BCUT2D eigenvalue weighted by Gasteiger charge is -2.12. The Hall–Kier alpha value is -1.17. The fraction of sp³-hybridized carbons (Fsp3) is 0.455. The van der Waals surface area contributed by atoms with Crippen molar-refractivity contribution in [3.63, 3.8) is 0 Å². The summed E-state index contributed by atoms with van der Waals surface area (Å²) in [4.78, 5) is 3.79. The van der Waals surface area contributed by atoms with Crippen molar-refractivity contribution in [2.75, 3.05) is 0 Å². The van der Waals surface area contributed by atoms with Crippen molar-refractivity contribution in [1.82, 2.24) is 4.98 Å². The molecule has 0 bridgehead atoms. The van der Waals surface area contributed by atoms with E-state index < -0.39 is 22.2 Å².